The molecule has 0 heterocycles. The molecular formula is C17H14O4. The number of hydrogen-bond donors (Lipinski definition) is 1. The van der Waals surface area contributed by atoms with E-state index in [1.165, 1.54) is 30.3 Å². The van der Waals surface area contributed by atoms with Gasteiger partial charge in [-0.1, -0.05) is 30.3 Å². The number of carboxylic acids is 1. The molecule has 21 heavy (non-hydrogen) atoms. The Bertz CT molecular complexity index is 684. The molecule has 4 heteroatoms. The van der Waals surface area contributed by atoms with Crippen LogP contribution in [0.25, 0.3) is 6.08 Å². The lowest BCUT2D eigenvalue weighted by Gasteiger charge is -2.00. The van der Waals surface area contributed by atoms with Gasteiger partial charge in [0.15, 0.2) is 5.78 Å². The van der Waals surface area contributed by atoms with Crippen LogP contribution in [0.3, 0.4) is 0 Å². The second-order valence-corrected chi connectivity index (χ2v) is 4.36. The highest BCUT2D eigenvalue weighted by molar-refractivity contribution is 6.07. The van der Waals surface area contributed by atoms with Gasteiger partial charge in [0.2, 0.25) is 0 Å². The molecule has 1 N–H and O–H groups in total. The largest absolute Gasteiger partial charge is 0.497 e. The van der Waals surface area contributed by atoms with E-state index in [1.807, 2.05) is 24.3 Å². The molecular weight excluding hydrogens is 268 g/mol. The zero-order valence-electron chi connectivity index (χ0n) is 11.4. The van der Waals surface area contributed by atoms with Crippen molar-refractivity contribution in [3.8, 4) is 5.75 Å². The van der Waals surface area contributed by atoms with Crippen LogP contribution >= 0.6 is 0 Å². The lowest BCUT2D eigenvalue weighted by atomic mass is 10.1. The number of ether oxygens (including phenoxy) is 1. The molecule has 0 fully saturated rings. The van der Waals surface area contributed by atoms with E-state index in [9.17, 15) is 9.59 Å². The average Bonchev–Trinajstić information content (AvgIpc) is 2.53. The van der Waals surface area contributed by atoms with Crippen LogP contribution in [0.1, 0.15) is 26.3 Å². The quantitative estimate of drug-likeness (QED) is 0.675. The Morgan fingerprint density at radius 3 is 2.33 bits per heavy atom. The van der Waals surface area contributed by atoms with Crippen LogP contribution < -0.4 is 4.74 Å². The third-order valence-corrected chi connectivity index (χ3v) is 2.94. The van der Waals surface area contributed by atoms with Gasteiger partial charge >= 0.3 is 5.97 Å². The van der Waals surface area contributed by atoms with Crippen molar-refractivity contribution in [2.45, 2.75) is 0 Å². The Balaban J connectivity index is 2.13. The minimum atomic E-state index is -1.01. The maximum atomic E-state index is 12.0. The van der Waals surface area contributed by atoms with Gasteiger partial charge < -0.3 is 9.84 Å². The Hall–Kier alpha value is -2.88. The van der Waals surface area contributed by atoms with E-state index in [-0.39, 0.29) is 11.3 Å². The third kappa shape index (κ3) is 3.79. The van der Waals surface area contributed by atoms with Gasteiger partial charge in [-0.3, -0.25) is 4.79 Å². The fourth-order valence-corrected chi connectivity index (χ4v) is 1.79. The topological polar surface area (TPSA) is 63.6 Å². The van der Waals surface area contributed by atoms with Crippen molar-refractivity contribution in [1.82, 2.24) is 0 Å². The van der Waals surface area contributed by atoms with Crippen molar-refractivity contribution in [3.05, 3.63) is 71.3 Å². The summed E-state index contributed by atoms with van der Waals surface area (Å²) < 4.78 is 5.11. The first-order valence-corrected chi connectivity index (χ1v) is 6.30. The van der Waals surface area contributed by atoms with E-state index < -0.39 is 5.97 Å². The van der Waals surface area contributed by atoms with E-state index in [0.29, 0.717) is 5.56 Å². The molecule has 0 saturated heterocycles. The number of carbonyl (C=O) groups is 2. The first-order valence-electron chi connectivity index (χ1n) is 6.30. The molecule has 0 radical (unpaired) electrons. The Morgan fingerprint density at radius 1 is 1.05 bits per heavy atom. The average molecular weight is 282 g/mol. The van der Waals surface area contributed by atoms with Gasteiger partial charge in [-0.2, -0.15) is 0 Å². The standard InChI is InChI=1S/C17H14O4/c1-21-15-4-2-3-12(11-15)5-10-16(18)13-6-8-14(9-7-13)17(19)20/h2-11H,1H3,(H,19,20)/b10-5+. The molecule has 106 valence electrons. The molecule has 0 aliphatic heterocycles. The van der Waals surface area contributed by atoms with E-state index in [2.05, 4.69) is 0 Å². The number of ketones is 1. The van der Waals surface area contributed by atoms with Crippen LogP contribution in [0, 0.1) is 0 Å². The molecule has 4 nitrogen and oxygen atoms in total. The highest BCUT2D eigenvalue weighted by Gasteiger charge is 2.05. The number of aromatic carboxylic acids is 1. The number of allylic oxidation sites excluding steroid dienone is 1. The summed E-state index contributed by atoms with van der Waals surface area (Å²) in [5.74, 6) is -0.480. The molecule has 0 unspecified atom stereocenters. The highest BCUT2D eigenvalue weighted by Crippen LogP contribution is 2.14. The lowest BCUT2D eigenvalue weighted by molar-refractivity contribution is 0.0696. The summed E-state index contributed by atoms with van der Waals surface area (Å²) in [6, 6.07) is 13.2. The van der Waals surface area contributed by atoms with E-state index in [0.717, 1.165) is 11.3 Å². The highest BCUT2D eigenvalue weighted by atomic mass is 16.5. The van der Waals surface area contributed by atoms with Crippen LogP contribution in [0.2, 0.25) is 0 Å². The number of methoxy groups -OCH3 is 1. The molecule has 0 atom stereocenters. The number of benzene rings is 2. The molecule has 0 aromatic heterocycles. The smallest absolute Gasteiger partial charge is 0.335 e. The Labute approximate surface area is 122 Å². The zero-order valence-corrected chi connectivity index (χ0v) is 11.4. The molecule has 0 bridgehead atoms. The fourth-order valence-electron chi connectivity index (χ4n) is 1.79. The molecule has 0 spiro atoms. The molecule has 0 aliphatic rings. The van der Waals surface area contributed by atoms with Gasteiger partial charge in [0.05, 0.1) is 12.7 Å². The van der Waals surface area contributed by atoms with Gasteiger partial charge in [-0.25, -0.2) is 4.79 Å². The summed E-state index contributed by atoms with van der Waals surface area (Å²) in [4.78, 5) is 22.7. The molecule has 0 aliphatic carbocycles. The molecule has 2 aromatic rings. The summed E-state index contributed by atoms with van der Waals surface area (Å²) in [5, 5.41) is 8.80. The van der Waals surface area contributed by atoms with E-state index in [4.69, 9.17) is 9.84 Å². The van der Waals surface area contributed by atoms with Gasteiger partial charge in [0.1, 0.15) is 5.75 Å². The minimum absolute atomic E-state index is 0.156. The number of carbonyl (C=O) groups excluding carboxylic acids is 1. The summed E-state index contributed by atoms with van der Waals surface area (Å²) in [5.41, 5.74) is 1.45. The van der Waals surface area contributed by atoms with Gasteiger partial charge in [-0.05, 0) is 35.9 Å². The number of hydrogen-bond acceptors (Lipinski definition) is 3. The van der Waals surface area contributed by atoms with E-state index >= 15 is 0 Å². The normalized spacial score (nSPS) is 10.5. The Morgan fingerprint density at radius 2 is 1.71 bits per heavy atom. The van der Waals surface area contributed by atoms with Gasteiger partial charge in [-0.15, -0.1) is 0 Å². The van der Waals surface area contributed by atoms with Crippen molar-refractivity contribution in [1.29, 1.82) is 0 Å². The maximum absolute atomic E-state index is 12.0. The fraction of sp³-hybridized carbons (Fsp3) is 0.0588. The Kier molecular flexibility index (Phi) is 4.51. The monoisotopic (exact) mass is 282 g/mol. The van der Waals surface area contributed by atoms with Crippen molar-refractivity contribution >= 4 is 17.8 Å². The first-order chi connectivity index (χ1) is 10.1. The van der Waals surface area contributed by atoms with Crippen molar-refractivity contribution in [2.24, 2.45) is 0 Å². The maximum Gasteiger partial charge on any atom is 0.335 e. The molecule has 0 saturated carbocycles. The second kappa shape index (κ2) is 6.52. The summed E-state index contributed by atoms with van der Waals surface area (Å²) >= 11 is 0. The SMILES string of the molecule is COc1cccc(/C=C/C(=O)c2ccc(C(=O)O)cc2)c1. The zero-order chi connectivity index (χ0) is 15.2. The first kappa shape index (κ1) is 14.5. The number of rotatable bonds is 5. The lowest BCUT2D eigenvalue weighted by Crippen LogP contribution is -1.98. The summed E-state index contributed by atoms with van der Waals surface area (Å²) in [6.45, 7) is 0. The van der Waals surface area contributed by atoms with Crippen molar-refractivity contribution in [2.75, 3.05) is 7.11 Å². The second-order valence-electron chi connectivity index (χ2n) is 4.36. The molecule has 2 rings (SSSR count). The minimum Gasteiger partial charge on any atom is -0.497 e. The summed E-state index contributed by atoms with van der Waals surface area (Å²) in [6.07, 6.45) is 3.14. The predicted molar refractivity (Wildman–Crippen MR) is 79.8 cm³/mol. The van der Waals surface area contributed by atoms with Crippen LogP contribution in [-0.2, 0) is 0 Å². The summed E-state index contributed by atoms with van der Waals surface area (Å²) in [7, 11) is 1.58. The number of carboxylic acid groups (broad SMARTS) is 1. The van der Waals surface area contributed by atoms with Crippen LogP contribution in [0.15, 0.2) is 54.6 Å². The molecule has 2 aromatic carbocycles. The van der Waals surface area contributed by atoms with Crippen LogP contribution in [-0.4, -0.2) is 24.0 Å². The van der Waals surface area contributed by atoms with E-state index in [1.54, 1.807) is 13.2 Å². The van der Waals surface area contributed by atoms with Gasteiger partial charge in [0, 0.05) is 5.56 Å². The molecule has 0 amide bonds. The predicted octanol–water partition coefficient (Wildman–Crippen LogP) is 3.29. The van der Waals surface area contributed by atoms with Gasteiger partial charge in [0.25, 0.3) is 0 Å². The van der Waals surface area contributed by atoms with Crippen molar-refractivity contribution < 1.29 is 19.4 Å². The van der Waals surface area contributed by atoms with Crippen LogP contribution in [0.5, 0.6) is 5.75 Å². The van der Waals surface area contributed by atoms with Crippen molar-refractivity contribution in [3.63, 3.8) is 0 Å². The third-order valence-electron chi connectivity index (χ3n) is 2.94. The van der Waals surface area contributed by atoms with Crippen LogP contribution in [0.4, 0.5) is 0 Å².